The molecule has 28 heavy (non-hydrogen) atoms. The summed E-state index contributed by atoms with van der Waals surface area (Å²) in [4.78, 5) is 34.2. The van der Waals surface area contributed by atoms with Gasteiger partial charge in [-0.05, 0) is 26.0 Å². The van der Waals surface area contributed by atoms with Gasteiger partial charge in [-0.25, -0.2) is 4.52 Å². The summed E-state index contributed by atoms with van der Waals surface area (Å²) in [6, 6.07) is 5.44. The minimum atomic E-state index is -0.606. The number of anilines is 1. The second-order valence-electron chi connectivity index (χ2n) is 6.27. The number of hydrogen-bond donors (Lipinski definition) is 2. The first-order chi connectivity index (χ1) is 13.4. The number of carbonyl (C=O) groups is 2. The second-order valence-corrected chi connectivity index (χ2v) is 7.30. The number of rotatable bonds is 4. The molecule has 0 aliphatic carbocycles. The highest BCUT2D eigenvalue weighted by atomic mass is 32.1. The third-order valence-corrected chi connectivity index (χ3v) is 5.42. The van der Waals surface area contributed by atoms with E-state index in [4.69, 9.17) is 5.73 Å². The summed E-state index contributed by atoms with van der Waals surface area (Å²) >= 11 is 1.45. The van der Waals surface area contributed by atoms with Gasteiger partial charge in [-0.2, -0.15) is 5.10 Å². The zero-order valence-electron chi connectivity index (χ0n) is 15.1. The molecular formula is C19H16N6O2S. The topological polar surface area (TPSA) is 115 Å². The largest absolute Gasteiger partial charge is 0.366 e. The number of carbonyl (C=O) groups excluding carboxylic acids is 2. The molecule has 0 bridgehead atoms. The van der Waals surface area contributed by atoms with Crippen LogP contribution in [0, 0.1) is 13.8 Å². The second kappa shape index (κ2) is 6.86. The molecule has 0 aliphatic heterocycles. The van der Waals surface area contributed by atoms with Crippen LogP contribution in [0.4, 0.5) is 5.69 Å². The monoisotopic (exact) mass is 392 g/mol. The number of thiazole rings is 1. The number of aryl methyl sites for hydroxylation is 2. The number of aromatic nitrogens is 4. The van der Waals surface area contributed by atoms with Crippen molar-refractivity contribution in [3.05, 3.63) is 65.5 Å². The van der Waals surface area contributed by atoms with Gasteiger partial charge in [-0.1, -0.05) is 6.07 Å². The molecule has 0 radical (unpaired) electrons. The van der Waals surface area contributed by atoms with E-state index in [9.17, 15) is 9.59 Å². The highest BCUT2D eigenvalue weighted by Gasteiger charge is 2.18. The standard InChI is InChI=1S/C19H16N6O2S/c1-10-3-4-12(6-21-10)16-9-25-19(28-16)14(8-23-25)18(27)24-15-5-13(17(20)26)7-22-11(15)2/h3-9H,1-2H3,(H2,20,26)(H,24,27). The molecule has 9 heteroatoms. The van der Waals surface area contributed by atoms with Crippen LogP contribution in [0.2, 0.25) is 0 Å². The van der Waals surface area contributed by atoms with Crippen LogP contribution >= 0.6 is 11.3 Å². The lowest BCUT2D eigenvalue weighted by molar-refractivity contribution is 0.0996. The summed E-state index contributed by atoms with van der Waals surface area (Å²) in [5, 5.41) is 7.06. The zero-order valence-corrected chi connectivity index (χ0v) is 15.9. The number of primary amides is 1. The molecule has 0 saturated carbocycles. The van der Waals surface area contributed by atoms with Gasteiger partial charge >= 0.3 is 0 Å². The fourth-order valence-electron chi connectivity index (χ4n) is 2.67. The first-order valence-electron chi connectivity index (χ1n) is 8.40. The summed E-state index contributed by atoms with van der Waals surface area (Å²) in [7, 11) is 0. The number of nitrogens with zero attached hydrogens (tertiary/aromatic N) is 4. The van der Waals surface area contributed by atoms with Crippen LogP contribution in [-0.4, -0.2) is 31.4 Å². The predicted octanol–water partition coefficient (Wildman–Crippen LogP) is 2.82. The lowest BCUT2D eigenvalue weighted by Gasteiger charge is -2.08. The Bertz CT molecular complexity index is 1210. The molecule has 4 aromatic rings. The van der Waals surface area contributed by atoms with E-state index in [1.165, 1.54) is 29.8 Å². The molecule has 2 amide bonds. The summed E-state index contributed by atoms with van der Waals surface area (Å²) < 4.78 is 1.67. The zero-order chi connectivity index (χ0) is 19.8. The van der Waals surface area contributed by atoms with Crippen molar-refractivity contribution in [2.24, 2.45) is 5.73 Å². The number of fused-ring (bicyclic) bond motifs is 1. The van der Waals surface area contributed by atoms with E-state index in [1.807, 2.05) is 25.3 Å². The van der Waals surface area contributed by atoms with Crippen molar-refractivity contribution in [1.29, 1.82) is 0 Å². The number of hydrogen-bond acceptors (Lipinski definition) is 6. The predicted molar refractivity (Wildman–Crippen MR) is 106 cm³/mol. The van der Waals surface area contributed by atoms with Crippen LogP contribution in [0.1, 0.15) is 32.1 Å². The SMILES string of the molecule is Cc1ccc(-c2cn3ncc(C(=O)Nc4cc(C(N)=O)cnc4C)c3s2)cn1. The Kier molecular flexibility index (Phi) is 4.36. The van der Waals surface area contributed by atoms with Crippen molar-refractivity contribution in [1.82, 2.24) is 19.6 Å². The van der Waals surface area contributed by atoms with Crippen LogP contribution in [0.5, 0.6) is 0 Å². The maximum atomic E-state index is 12.8. The van der Waals surface area contributed by atoms with Gasteiger partial charge in [0.1, 0.15) is 4.83 Å². The molecule has 4 heterocycles. The quantitative estimate of drug-likeness (QED) is 0.554. The van der Waals surface area contributed by atoms with Crippen molar-refractivity contribution >= 4 is 33.7 Å². The molecular weight excluding hydrogens is 376 g/mol. The number of pyridine rings is 2. The van der Waals surface area contributed by atoms with Crippen molar-refractivity contribution in [2.75, 3.05) is 5.32 Å². The molecule has 0 saturated heterocycles. The maximum Gasteiger partial charge on any atom is 0.260 e. The molecule has 0 unspecified atom stereocenters. The minimum absolute atomic E-state index is 0.228. The van der Waals surface area contributed by atoms with Crippen LogP contribution in [0.3, 0.4) is 0 Å². The molecule has 3 N–H and O–H groups in total. The molecule has 4 rings (SSSR count). The summed E-state index contributed by atoms with van der Waals surface area (Å²) in [5.74, 6) is -0.942. The minimum Gasteiger partial charge on any atom is -0.366 e. The highest BCUT2D eigenvalue weighted by Crippen LogP contribution is 2.30. The van der Waals surface area contributed by atoms with Crippen LogP contribution < -0.4 is 11.1 Å². The van der Waals surface area contributed by atoms with Gasteiger partial charge in [-0.15, -0.1) is 11.3 Å². The van der Waals surface area contributed by atoms with E-state index < -0.39 is 5.91 Å². The molecule has 4 aromatic heterocycles. The molecule has 8 nitrogen and oxygen atoms in total. The Hall–Kier alpha value is -3.59. The van der Waals surface area contributed by atoms with Crippen LogP contribution in [-0.2, 0) is 0 Å². The smallest absolute Gasteiger partial charge is 0.260 e. The molecule has 0 spiro atoms. The van der Waals surface area contributed by atoms with Gasteiger partial charge in [-0.3, -0.25) is 19.6 Å². The van der Waals surface area contributed by atoms with E-state index in [2.05, 4.69) is 20.4 Å². The fraction of sp³-hybridized carbons (Fsp3) is 0.105. The van der Waals surface area contributed by atoms with Crippen molar-refractivity contribution < 1.29 is 9.59 Å². The Labute approximate surface area is 164 Å². The molecule has 0 fully saturated rings. The van der Waals surface area contributed by atoms with Gasteiger partial charge in [0.05, 0.1) is 33.6 Å². The summed E-state index contributed by atoms with van der Waals surface area (Å²) in [5.41, 5.74) is 8.86. The summed E-state index contributed by atoms with van der Waals surface area (Å²) in [6.07, 6.45) is 6.56. The number of nitrogens with two attached hydrogens (primary N) is 1. The lowest BCUT2D eigenvalue weighted by Crippen LogP contribution is -2.16. The van der Waals surface area contributed by atoms with Crippen molar-refractivity contribution in [3.63, 3.8) is 0 Å². The maximum absolute atomic E-state index is 12.8. The van der Waals surface area contributed by atoms with Gasteiger partial charge in [0.15, 0.2) is 0 Å². The van der Waals surface area contributed by atoms with Gasteiger partial charge < -0.3 is 11.1 Å². The first-order valence-corrected chi connectivity index (χ1v) is 9.22. The fourth-order valence-corrected chi connectivity index (χ4v) is 3.72. The van der Waals surface area contributed by atoms with Crippen molar-refractivity contribution in [2.45, 2.75) is 13.8 Å². The third-order valence-electron chi connectivity index (χ3n) is 4.26. The third kappa shape index (κ3) is 3.23. The highest BCUT2D eigenvalue weighted by molar-refractivity contribution is 7.21. The van der Waals surface area contributed by atoms with E-state index in [0.717, 1.165) is 16.1 Å². The normalized spacial score (nSPS) is 10.9. The van der Waals surface area contributed by atoms with Gasteiger partial charge in [0.25, 0.3) is 5.91 Å². The van der Waals surface area contributed by atoms with Crippen LogP contribution in [0.15, 0.2) is 43.0 Å². The van der Waals surface area contributed by atoms with E-state index in [0.29, 0.717) is 21.8 Å². The number of amides is 2. The molecule has 140 valence electrons. The van der Waals surface area contributed by atoms with Gasteiger partial charge in [0.2, 0.25) is 5.91 Å². The van der Waals surface area contributed by atoms with Crippen LogP contribution in [0.25, 0.3) is 15.3 Å². The Morgan fingerprint density at radius 3 is 2.68 bits per heavy atom. The van der Waals surface area contributed by atoms with Crippen molar-refractivity contribution in [3.8, 4) is 10.4 Å². The average Bonchev–Trinajstić information content (AvgIpc) is 3.24. The Morgan fingerprint density at radius 1 is 1.14 bits per heavy atom. The molecule has 0 aliphatic rings. The Morgan fingerprint density at radius 2 is 1.96 bits per heavy atom. The van der Waals surface area contributed by atoms with E-state index in [-0.39, 0.29) is 11.5 Å². The number of nitrogens with one attached hydrogen (secondary N) is 1. The average molecular weight is 392 g/mol. The molecule has 0 aromatic carbocycles. The van der Waals surface area contributed by atoms with E-state index >= 15 is 0 Å². The van der Waals surface area contributed by atoms with E-state index in [1.54, 1.807) is 17.6 Å². The lowest BCUT2D eigenvalue weighted by atomic mass is 10.2. The summed E-state index contributed by atoms with van der Waals surface area (Å²) in [6.45, 7) is 3.67. The first kappa shape index (κ1) is 17.8. The Balaban J connectivity index is 1.66. The molecule has 0 atom stereocenters. The van der Waals surface area contributed by atoms with Gasteiger partial charge in [0, 0.05) is 29.8 Å².